The highest BCUT2D eigenvalue weighted by atomic mass is 16.4. The minimum Gasteiger partial charge on any atom is -0.478 e. The topological polar surface area (TPSA) is 82.5 Å². The van der Waals surface area contributed by atoms with Gasteiger partial charge < -0.3 is 15.3 Å². The fraction of sp³-hybridized carbons (Fsp3) is 0.261. The van der Waals surface area contributed by atoms with Crippen LogP contribution in [0.15, 0.2) is 48.5 Å². The maximum absolute atomic E-state index is 12.9. The highest BCUT2D eigenvalue weighted by Crippen LogP contribution is 2.27. The van der Waals surface area contributed by atoms with Gasteiger partial charge in [-0.3, -0.25) is 4.79 Å². The first-order valence-corrected chi connectivity index (χ1v) is 9.63. The Hall–Kier alpha value is -3.41. The third kappa shape index (κ3) is 4.21. The van der Waals surface area contributed by atoms with E-state index >= 15 is 0 Å². The Kier molecular flexibility index (Phi) is 5.82. The molecule has 0 unspecified atom stereocenters. The molecule has 1 amide bonds. The molecule has 0 atom stereocenters. The fourth-order valence-corrected chi connectivity index (χ4v) is 3.45. The van der Waals surface area contributed by atoms with Crippen LogP contribution in [-0.2, 0) is 0 Å². The molecule has 3 aromatic rings. The average Bonchev–Trinajstić information content (AvgIpc) is 2.67. The summed E-state index contributed by atoms with van der Waals surface area (Å²) in [6, 6.07) is 14.6. The lowest BCUT2D eigenvalue weighted by atomic mass is 10.1. The van der Waals surface area contributed by atoms with Gasteiger partial charge in [-0.05, 0) is 62.9 Å². The van der Waals surface area contributed by atoms with Gasteiger partial charge in [0.05, 0.1) is 5.56 Å². The number of hydrogen-bond acceptors (Lipinski definition) is 4. The molecule has 1 aromatic heterocycles. The number of anilines is 2. The van der Waals surface area contributed by atoms with E-state index in [0.717, 1.165) is 23.1 Å². The zero-order valence-electron chi connectivity index (χ0n) is 17.1. The van der Waals surface area contributed by atoms with Crippen molar-refractivity contribution in [2.75, 3.05) is 16.8 Å². The first-order valence-electron chi connectivity index (χ1n) is 9.63. The van der Waals surface area contributed by atoms with E-state index in [1.165, 1.54) is 6.07 Å². The smallest absolute Gasteiger partial charge is 0.335 e. The molecule has 0 aliphatic rings. The van der Waals surface area contributed by atoms with Crippen LogP contribution in [0.2, 0.25) is 0 Å². The summed E-state index contributed by atoms with van der Waals surface area (Å²) in [4.78, 5) is 30.9. The number of benzene rings is 2. The molecule has 6 nitrogen and oxygen atoms in total. The molecule has 3 rings (SSSR count). The number of carboxylic acids is 1. The minimum absolute atomic E-state index is 0.213. The van der Waals surface area contributed by atoms with Crippen molar-refractivity contribution in [3.8, 4) is 0 Å². The van der Waals surface area contributed by atoms with Gasteiger partial charge in [-0.15, -0.1) is 0 Å². The van der Waals surface area contributed by atoms with Gasteiger partial charge >= 0.3 is 5.97 Å². The number of nitrogens with one attached hydrogen (secondary N) is 1. The van der Waals surface area contributed by atoms with Crippen LogP contribution < -0.4 is 10.2 Å². The molecule has 2 aromatic carbocycles. The van der Waals surface area contributed by atoms with E-state index < -0.39 is 5.97 Å². The van der Waals surface area contributed by atoms with Crippen molar-refractivity contribution >= 4 is 34.2 Å². The Balaban J connectivity index is 2.00. The highest BCUT2D eigenvalue weighted by Gasteiger charge is 2.18. The summed E-state index contributed by atoms with van der Waals surface area (Å²) in [7, 11) is 0. The van der Waals surface area contributed by atoms with Gasteiger partial charge in [-0.1, -0.05) is 24.3 Å². The van der Waals surface area contributed by atoms with Crippen LogP contribution in [0, 0.1) is 6.92 Å². The van der Waals surface area contributed by atoms with Gasteiger partial charge in [0, 0.05) is 23.7 Å². The summed E-state index contributed by atoms with van der Waals surface area (Å²) in [5.74, 6) is -0.544. The van der Waals surface area contributed by atoms with E-state index in [9.17, 15) is 9.59 Å². The third-order valence-corrected chi connectivity index (χ3v) is 4.90. The van der Waals surface area contributed by atoms with Crippen molar-refractivity contribution in [1.29, 1.82) is 0 Å². The van der Waals surface area contributed by atoms with Gasteiger partial charge in [-0.25, -0.2) is 9.78 Å². The van der Waals surface area contributed by atoms with E-state index in [-0.39, 0.29) is 17.5 Å². The number of fused-ring (bicyclic) bond motifs is 1. The van der Waals surface area contributed by atoms with Gasteiger partial charge in [0.2, 0.25) is 0 Å². The van der Waals surface area contributed by atoms with Gasteiger partial charge in [0.25, 0.3) is 5.91 Å². The standard InChI is InChI=1S/C23H25N3O3/c1-5-26(14(2)3)21-19-9-7-6-8-16(19)13-20(25-21)22(27)24-17-10-11-18(23(28)29)15(4)12-17/h6-14H,5H2,1-4H3,(H,24,27)(H,28,29). The first kappa shape index (κ1) is 20.3. The van der Waals surface area contributed by atoms with Crippen molar-refractivity contribution in [2.24, 2.45) is 0 Å². The first-order chi connectivity index (χ1) is 13.8. The molecule has 1 heterocycles. The maximum atomic E-state index is 12.9. The molecule has 0 radical (unpaired) electrons. The lowest BCUT2D eigenvalue weighted by Gasteiger charge is -2.28. The predicted octanol–water partition coefficient (Wildman–Crippen LogP) is 4.73. The lowest BCUT2D eigenvalue weighted by molar-refractivity contribution is 0.0696. The Morgan fingerprint density at radius 2 is 1.86 bits per heavy atom. The van der Waals surface area contributed by atoms with Crippen molar-refractivity contribution in [3.05, 3.63) is 65.4 Å². The number of pyridine rings is 1. The molecule has 0 aliphatic heterocycles. The molecular weight excluding hydrogens is 366 g/mol. The minimum atomic E-state index is -0.991. The number of aromatic nitrogens is 1. The number of hydrogen-bond donors (Lipinski definition) is 2. The molecule has 0 fully saturated rings. The number of rotatable bonds is 6. The van der Waals surface area contributed by atoms with Gasteiger partial charge in [-0.2, -0.15) is 0 Å². The quantitative estimate of drug-likeness (QED) is 0.635. The zero-order chi connectivity index (χ0) is 21.1. The van der Waals surface area contributed by atoms with Crippen LogP contribution in [-0.4, -0.2) is 34.6 Å². The number of nitrogens with zero attached hydrogens (tertiary/aromatic N) is 2. The number of aromatic carboxylic acids is 1. The van der Waals surface area contributed by atoms with E-state index in [0.29, 0.717) is 16.9 Å². The normalized spacial score (nSPS) is 10.9. The van der Waals surface area contributed by atoms with Crippen LogP contribution in [0.4, 0.5) is 11.5 Å². The Morgan fingerprint density at radius 3 is 2.48 bits per heavy atom. The molecule has 0 aliphatic carbocycles. The summed E-state index contributed by atoms with van der Waals surface area (Å²) < 4.78 is 0. The molecule has 2 N–H and O–H groups in total. The monoisotopic (exact) mass is 391 g/mol. The van der Waals surface area contributed by atoms with Crippen molar-refractivity contribution < 1.29 is 14.7 Å². The maximum Gasteiger partial charge on any atom is 0.335 e. The zero-order valence-corrected chi connectivity index (χ0v) is 17.1. The molecular formula is C23H25N3O3. The van der Waals surface area contributed by atoms with E-state index in [1.54, 1.807) is 25.1 Å². The lowest BCUT2D eigenvalue weighted by Crippen LogP contribution is -2.32. The number of carbonyl (C=O) groups is 2. The highest BCUT2D eigenvalue weighted by molar-refractivity contribution is 6.06. The predicted molar refractivity (Wildman–Crippen MR) is 116 cm³/mol. The SMILES string of the molecule is CCN(c1nc(C(=O)Nc2ccc(C(=O)O)c(C)c2)cc2ccccc12)C(C)C. The van der Waals surface area contributed by atoms with Gasteiger partial charge in [0.15, 0.2) is 0 Å². The van der Waals surface area contributed by atoms with Crippen LogP contribution in [0.1, 0.15) is 47.2 Å². The summed E-state index contributed by atoms with van der Waals surface area (Å²) in [5.41, 5.74) is 1.65. The van der Waals surface area contributed by atoms with E-state index in [1.807, 2.05) is 24.3 Å². The summed E-state index contributed by atoms with van der Waals surface area (Å²) in [6.45, 7) is 8.73. The number of aryl methyl sites for hydroxylation is 1. The summed E-state index contributed by atoms with van der Waals surface area (Å²) in [6.07, 6.45) is 0. The molecule has 0 saturated carbocycles. The van der Waals surface area contributed by atoms with E-state index in [4.69, 9.17) is 5.11 Å². The summed E-state index contributed by atoms with van der Waals surface area (Å²) >= 11 is 0. The van der Waals surface area contributed by atoms with Crippen molar-refractivity contribution in [1.82, 2.24) is 4.98 Å². The number of carbonyl (C=O) groups excluding carboxylic acids is 1. The third-order valence-electron chi connectivity index (χ3n) is 4.90. The summed E-state index contributed by atoms with van der Waals surface area (Å²) in [5, 5.41) is 13.9. The number of carboxylic acid groups (broad SMARTS) is 1. The second-order valence-corrected chi connectivity index (χ2v) is 7.22. The Labute approximate surface area is 170 Å². The van der Waals surface area contributed by atoms with Gasteiger partial charge in [0.1, 0.15) is 11.5 Å². The van der Waals surface area contributed by atoms with Crippen LogP contribution in [0.5, 0.6) is 0 Å². The second-order valence-electron chi connectivity index (χ2n) is 7.22. The fourth-order valence-electron chi connectivity index (χ4n) is 3.45. The molecule has 0 saturated heterocycles. The second kappa shape index (κ2) is 8.31. The molecule has 150 valence electrons. The molecule has 0 bridgehead atoms. The van der Waals surface area contributed by atoms with Crippen LogP contribution >= 0.6 is 0 Å². The average molecular weight is 391 g/mol. The van der Waals surface area contributed by atoms with E-state index in [2.05, 4.69) is 36.0 Å². The molecule has 29 heavy (non-hydrogen) atoms. The van der Waals surface area contributed by atoms with Crippen molar-refractivity contribution in [3.63, 3.8) is 0 Å². The Morgan fingerprint density at radius 1 is 1.14 bits per heavy atom. The molecule has 0 spiro atoms. The van der Waals surface area contributed by atoms with Crippen LogP contribution in [0.25, 0.3) is 10.8 Å². The number of amides is 1. The Bertz CT molecular complexity index is 1080. The molecule has 6 heteroatoms. The van der Waals surface area contributed by atoms with Crippen LogP contribution in [0.3, 0.4) is 0 Å². The largest absolute Gasteiger partial charge is 0.478 e. The van der Waals surface area contributed by atoms with Crippen molar-refractivity contribution in [2.45, 2.75) is 33.7 Å².